The minimum absolute atomic E-state index is 0.585. The topological polar surface area (TPSA) is 73.2 Å². The van der Waals surface area contributed by atoms with E-state index in [9.17, 15) is 0 Å². The van der Waals surface area contributed by atoms with Crippen molar-refractivity contribution in [2.45, 2.75) is 12.8 Å². The van der Waals surface area contributed by atoms with Crippen LogP contribution in [0.4, 0.5) is 0 Å². The number of nitrogens with zero attached hydrogens (tertiary/aromatic N) is 1. The molecule has 0 saturated carbocycles. The van der Waals surface area contributed by atoms with Crippen LogP contribution in [0.15, 0.2) is 22.7 Å². The van der Waals surface area contributed by atoms with Gasteiger partial charge in [-0.2, -0.15) is 5.10 Å². The van der Waals surface area contributed by atoms with Gasteiger partial charge in [-0.25, -0.2) is 0 Å². The molecule has 1 aromatic carbocycles. The molecule has 1 aliphatic heterocycles. The van der Waals surface area contributed by atoms with Crippen LogP contribution in [0.5, 0.6) is 11.5 Å². The molecule has 0 fully saturated rings. The molecule has 0 radical (unpaired) electrons. The molecule has 0 atom stereocenters. The molecule has 1 aromatic heterocycles. The van der Waals surface area contributed by atoms with Crippen LogP contribution in [0.25, 0.3) is 11.3 Å². The first-order valence-electron chi connectivity index (χ1n) is 6.62. The Kier molecular flexibility index (Phi) is 3.93. The summed E-state index contributed by atoms with van der Waals surface area (Å²) in [6.45, 7) is 1.96. The fraction of sp³-hybridized carbons (Fsp3) is 0.357. The van der Waals surface area contributed by atoms with E-state index in [1.54, 1.807) is 0 Å². The SMILES string of the molecule is NCCc1[nH]nc(-c2ccc3c(c2)OCCCO3)c1Br. The van der Waals surface area contributed by atoms with Gasteiger partial charge in [-0.3, -0.25) is 5.10 Å². The number of aromatic amines is 1. The molecule has 0 unspecified atom stereocenters. The summed E-state index contributed by atoms with van der Waals surface area (Å²) in [5.74, 6) is 1.57. The maximum absolute atomic E-state index is 5.71. The summed E-state index contributed by atoms with van der Waals surface area (Å²) in [4.78, 5) is 0. The molecular weight excluding hydrogens is 322 g/mol. The van der Waals surface area contributed by atoms with Gasteiger partial charge in [0, 0.05) is 18.4 Å². The number of rotatable bonds is 3. The van der Waals surface area contributed by atoms with Crippen molar-refractivity contribution in [3.05, 3.63) is 28.4 Å². The van der Waals surface area contributed by atoms with Gasteiger partial charge in [0.05, 0.1) is 23.4 Å². The highest BCUT2D eigenvalue weighted by atomic mass is 79.9. The van der Waals surface area contributed by atoms with Crippen LogP contribution in [-0.4, -0.2) is 30.0 Å². The van der Waals surface area contributed by atoms with Crippen LogP contribution in [-0.2, 0) is 6.42 Å². The molecule has 0 spiro atoms. The van der Waals surface area contributed by atoms with Crippen LogP contribution in [0.3, 0.4) is 0 Å². The number of halogens is 1. The Bertz CT molecular complexity index is 612. The molecule has 106 valence electrons. The zero-order valence-corrected chi connectivity index (χ0v) is 12.6. The molecule has 2 aromatic rings. The van der Waals surface area contributed by atoms with E-state index >= 15 is 0 Å². The fourth-order valence-corrected chi connectivity index (χ4v) is 2.78. The number of nitrogens with one attached hydrogen (secondary N) is 1. The molecule has 20 heavy (non-hydrogen) atoms. The van der Waals surface area contributed by atoms with Crippen molar-refractivity contribution >= 4 is 15.9 Å². The average molecular weight is 338 g/mol. The van der Waals surface area contributed by atoms with Gasteiger partial charge in [0.2, 0.25) is 0 Å². The first-order chi connectivity index (χ1) is 9.79. The van der Waals surface area contributed by atoms with Crippen molar-refractivity contribution < 1.29 is 9.47 Å². The van der Waals surface area contributed by atoms with Crippen molar-refractivity contribution in [2.75, 3.05) is 19.8 Å². The van der Waals surface area contributed by atoms with E-state index in [1.165, 1.54) is 0 Å². The third-order valence-corrected chi connectivity index (χ3v) is 4.04. The normalized spacial score (nSPS) is 14.1. The summed E-state index contributed by atoms with van der Waals surface area (Å²) in [6.07, 6.45) is 1.66. The second-order valence-corrected chi connectivity index (χ2v) is 5.41. The Morgan fingerprint density at radius 2 is 2.05 bits per heavy atom. The Hall–Kier alpha value is -1.53. The number of hydrogen-bond acceptors (Lipinski definition) is 4. The van der Waals surface area contributed by atoms with Crippen LogP contribution in [0.2, 0.25) is 0 Å². The van der Waals surface area contributed by atoms with E-state index in [1.807, 2.05) is 18.2 Å². The predicted octanol–water partition coefficient (Wildman–Crippen LogP) is 2.50. The number of aromatic nitrogens is 2. The third-order valence-electron chi connectivity index (χ3n) is 3.19. The maximum Gasteiger partial charge on any atom is 0.161 e. The molecule has 3 N–H and O–H groups in total. The molecule has 2 heterocycles. The Morgan fingerprint density at radius 1 is 1.25 bits per heavy atom. The standard InChI is InChI=1S/C14H16BrN3O2/c15-13-10(4-5-16)17-18-14(13)9-2-3-11-12(8-9)20-7-1-6-19-11/h2-3,8H,1,4-7,16H2,(H,17,18). The minimum atomic E-state index is 0.585. The van der Waals surface area contributed by atoms with Gasteiger partial charge in [0.15, 0.2) is 11.5 Å². The van der Waals surface area contributed by atoms with Gasteiger partial charge < -0.3 is 15.2 Å². The minimum Gasteiger partial charge on any atom is -0.490 e. The fourth-order valence-electron chi connectivity index (χ4n) is 2.18. The molecule has 6 heteroatoms. The number of ether oxygens (including phenoxy) is 2. The average Bonchev–Trinajstić information content (AvgIpc) is 2.69. The first-order valence-corrected chi connectivity index (χ1v) is 7.41. The molecule has 3 rings (SSSR count). The Morgan fingerprint density at radius 3 is 2.85 bits per heavy atom. The highest BCUT2D eigenvalue weighted by Gasteiger charge is 2.16. The zero-order chi connectivity index (χ0) is 13.9. The summed E-state index contributed by atoms with van der Waals surface area (Å²) in [6, 6.07) is 5.88. The molecule has 0 saturated heterocycles. The highest BCUT2D eigenvalue weighted by molar-refractivity contribution is 9.10. The second-order valence-electron chi connectivity index (χ2n) is 4.62. The van der Waals surface area contributed by atoms with Crippen molar-refractivity contribution in [3.8, 4) is 22.8 Å². The Balaban J connectivity index is 1.96. The lowest BCUT2D eigenvalue weighted by molar-refractivity contribution is 0.297. The highest BCUT2D eigenvalue weighted by Crippen LogP contribution is 2.36. The number of benzene rings is 1. The number of fused-ring (bicyclic) bond motifs is 1. The van der Waals surface area contributed by atoms with Crippen molar-refractivity contribution in [3.63, 3.8) is 0 Å². The lowest BCUT2D eigenvalue weighted by Crippen LogP contribution is -2.03. The largest absolute Gasteiger partial charge is 0.490 e. The summed E-state index contributed by atoms with van der Waals surface area (Å²) < 4.78 is 12.3. The maximum atomic E-state index is 5.71. The van der Waals surface area contributed by atoms with Crippen molar-refractivity contribution in [2.24, 2.45) is 5.73 Å². The summed E-state index contributed by atoms with van der Waals surface area (Å²) >= 11 is 3.58. The summed E-state index contributed by atoms with van der Waals surface area (Å²) in [7, 11) is 0. The zero-order valence-electron chi connectivity index (χ0n) is 11.0. The van der Waals surface area contributed by atoms with E-state index in [0.717, 1.165) is 45.8 Å². The predicted molar refractivity (Wildman–Crippen MR) is 80.1 cm³/mol. The van der Waals surface area contributed by atoms with Gasteiger partial charge >= 0.3 is 0 Å². The van der Waals surface area contributed by atoms with Crippen LogP contribution in [0.1, 0.15) is 12.1 Å². The van der Waals surface area contributed by atoms with Gasteiger partial charge in [-0.1, -0.05) is 0 Å². The van der Waals surface area contributed by atoms with Gasteiger partial charge in [-0.05, 0) is 40.7 Å². The molecule has 1 aliphatic rings. The number of hydrogen-bond donors (Lipinski definition) is 2. The van der Waals surface area contributed by atoms with Crippen molar-refractivity contribution in [1.82, 2.24) is 10.2 Å². The number of nitrogens with two attached hydrogens (primary N) is 1. The smallest absolute Gasteiger partial charge is 0.161 e. The van der Waals surface area contributed by atoms with E-state index in [-0.39, 0.29) is 0 Å². The summed E-state index contributed by atoms with van der Waals surface area (Å²) in [5.41, 5.74) is 8.44. The molecule has 5 nitrogen and oxygen atoms in total. The molecule has 0 aliphatic carbocycles. The van der Waals surface area contributed by atoms with E-state index in [2.05, 4.69) is 26.1 Å². The second kappa shape index (κ2) is 5.85. The first kappa shape index (κ1) is 13.5. The molecule has 0 amide bonds. The summed E-state index contributed by atoms with van der Waals surface area (Å²) in [5, 5.41) is 7.37. The molecule has 0 bridgehead atoms. The van der Waals surface area contributed by atoms with Gasteiger partial charge in [0.1, 0.15) is 5.69 Å². The van der Waals surface area contributed by atoms with Crippen molar-refractivity contribution in [1.29, 1.82) is 0 Å². The van der Waals surface area contributed by atoms with Gasteiger partial charge in [0.25, 0.3) is 0 Å². The van der Waals surface area contributed by atoms with E-state index < -0.39 is 0 Å². The van der Waals surface area contributed by atoms with Crippen LogP contribution in [0, 0.1) is 0 Å². The number of H-pyrrole nitrogens is 1. The van der Waals surface area contributed by atoms with Gasteiger partial charge in [-0.15, -0.1) is 0 Å². The Labute approximate surface area is 125 Å². The monoisotopic (exact) mass is 337 g/mol. The lowest BCUT2D eigenvalue weighted by atomic mass is 10.1. The quantitative estimate of drug-likeness (QED) is 0.902. The van der Waals surface area contributed by atoms with E-state index in [0.29, 0.717) is 19.8 Å². The lowest BCUT2D eigenvalue weighted by Gasteiger charge is -2.08. The van der Waals surface area contributed by atoms with Crippen LogP contribution < -0.4 is 15.2 Å². The third kappa shape index (κ3) is 2.53. The van der Waals surface area contributed by atoms with Crippen LogP contribution >= 0.6 is 15.9 Å². The van der Waals surface area contributed by atoms with E-state index in [4.69, 9.17) is 15.2 Å². The molecular formula is C14H16BrN3O2.